The standard InChI is InChI=1S/C9H14F2O.C8H16O2.C7H8.C2H2/c1-7(12)6-8-2-4-9(10,11)5-3-8;1-3-5-6-8(9)10-7-4-2;1-7-5-3-2-4-6-7;1-2/h8H,2-6H2,1H3;3-7H2,1-2H3;2-6H,1H3;1-2H. The fraction of sp³-hybridized carbons (Fsp3) is 0.615. The number of terminal acetylenes is 1. The van der Waals surface area contributed by atoms with E-state index in [9.17, 15) is 18.4 Å². The Hall–Kier alpha value is -2.22. The van der Waals surface area contributed by atoms with Crippen molar-refractivity contribution >= 4 is 11.8 Å². The van der Waals surface area contributed by atoms with Crippen LogP contribution in [0.1, 0.15) is 84.1 Å². The maximum atomic E-state index is 12.6. The molecule has 0 aliphatic heterocycles. The summed E-state index contributed by atoms with van der Waals surface area (Å²) in [5.41, 5.74) is 1.32. The molecule has 3 nitrogen and oxygen atoms in total. The van der Waals surface area contributed by atoms with Crippen LogP contribution in [0.5, 0.6) is 0 Å². The Kier molecular flexibility index (Phi) is 19.7. The van der Waals surface area contributed by atoms with Crippen LogP contribution < -0.4 is 0 Å². The van der Waals surface area contributed by atoms with E-state index in [1.807, 2.05) is 25.1 Å². The average Bonchev–Trinajstić information content (AvgIpc) is 2.75. The Labute approximate surface area is 188 Å². The van der Waals surface area contributed by atoms with E-state index in [1.54, 1.807) is 0 Å². The van der Waals surface area contributed by atoms with Gasteiger partial charge in [0.05, 0.1) is 6.61 Å². The smallest absolute Gasteiger partial charge is 0.305 e. The number of aryl methyl sites for hydroxylation is 1. The molecule has 0 spiro atoms. The minimum atomic E-state index is -2.46. The van der Waals surface area contributed by atoms with Gasteiger partial charge in [0.2, 0.25) is 5.92 Å². The lowest BCUT2D eigenvalue weighted by Gasteiger charge is -2.27. The van der Waals surface area contributed by atoms with Crippen molar-refractivity contribution in [3.63, 3.8) is 0 Å². The summed E-state index contributed by atoms with van der Waals surface area (Å²) in [4.78, 5) is 21.4. The van der Waals surface area contributed by atoms with Crippen molar-refractivity contribution in [2.75, 3.05) is 6.61 Å². The molecule has 31 heavy (non-hydrogen) atoms. The molecule has 0 aromatic heterocycles. The lowest BCUT2D eigenvalue weighted by Crippen LogP contribution is -2.25. The number of ether oxygens (including phenoxy) is 1. The molecule has 0 bridgehead atoms. The first-order valence-electron chi connectivity index (χ1n) is 11.1. The van der Waals surface area contributed by atoms with Gasteiger partial charge in [-0.25, -0.2) is 8.78 Å². The van der Waals surface area contributed by atoms with Crippen molar-refractivity contribution in [2.45, 2.75) is 91.4 Å². The number of alkyl halides is 2. The Morgan fingerprint density at radius 1 is 1.06 bits per heavy atom. The molecule has 1 fully saturated rings. The predicted molar refractivity (Wildman–Crippen MR) is 124 cm³/mol. The third-order valence-electron chi connectivity index (χ3n) is 4.55. The molecular weight excluding hydrogens is 398 g/mol. The first-order valence-corrected chi connectivity index (χ1v) is 11.1. The summed E-state index contributed by atoms with van der Waals surface area (Å²) in [6.07, 6.45) is 12.9. The number of hydrogen-bond donors (Lipinski definition) is 0. The zero-order valence-electron chi connectivity index (χ0n) is 19.7. The molecule has 1 saturated carbocycles. The van der Waals surface area contributed by atoms with Gasteiger partial charge >= 0.3 is 5.97 Å². The van der Waals surface area contributed by atoms with Crippen LogP contribution in [0.25, 0.3) is 0 Å². The van der Waals surface area contributed by atoms with Crippen LogP contribution in [0.15, 0.2) is 30.3 Å². The van der Waals surface area contributed by atoms with Gasteiger partial charge in [0.25, 0.3) is 0 Å². The van der Waals surface area contributed by atoms with Gasteiger partial charge in [-0.2, -0.15) is 0 Å². The Bertz CT molecular complexity index is 577. The number of carbonyl (C=O) groups is 2. The van der Waals surface area contributed by atoms with Crippen LogP contribution in [-0.2, 0) is 14.3 Å². The minimum Gasteiger partial charge on any atom is -0.466 e. The largest absolute Gasteiger partial charge is 0.466 e. The molecule has 176 valence electrons. The number of esters is 1. The van der Waals surface area contributed by atoms with Crippen molar-refractivity contribution < 1.29 is 23.1 Å². The second kappa shape index (κ2) is 19.7. The molecule has 0 atom stereocenters. The maximum Gasteiger partial charge on any atom is 0.305 e. The first-order chi connectivity index (χ1) is 14.7. The molecule has 0 saturated heterocycles. The highest BCUT2D eigenvalue weighted by atomic mass is 19.3. The number of ketones is 1. The van der Waals surface area contributed by atoms with Gasteiger partial charge < -0.3 is 9.53 Å². The molecule has 2 rings (SSSR count). The topological polar surface area (TPSA) is 43.4 Å². The number of hydrogen-bond acceptors (Lipinski definition) is 3. The number of unbranched alkanes of at least 4 members (excludes halogenated alkanes) is 1. The molecule has 0 unspecified atom stereocenters. The summed E-state index contributed by atoms with van der Waals surface area (Å²) in [5.74, 6) is -2.19. The van der Waals surface area contributed by atoms with Gasteiger partial charge in [0.1, 0.15) is 5.78 Å². The van der Waals surface area contributed by atoms with Crippen LogP contribution in [0.3, 0.4) is 0 Å². The third-order valence-corrected chi connectivity index (χ3v) is 4.55. The second-order valence-corrected chi connectivity index (χ2v) is 7.68. The van der Waals surface area contributed by atoms with E-state index in [1.165, 1.54) is 12.5 Å². The fourth-order valence-corrected chi connectivity index (χ4v) is 2.85. The van der Waals surface area contributed by atoms with E-state index in [2.05, 4.69) is 38.8 Å². The van der Waals surface area contributed by atoms with Gasteiger partial charge in [0.15, 0.2) is 0 Å². The first kappa shape index (κ1) is 31.0. The van der Waals surface area contributed by atoms with E-state index in [0.717, 1.165) is 19.3 Å². The van der Waals surface area contributed by atoms with Crippen LogP contribution in [0.2, 0.25) is 0 Å². The van der Waals surface area contributed by atoms with Crippen LogP contribution in [0.4, 0.5) is 8.78 Å². The van der Waals surface area contributed by atoms with E-state index < -0.39 is 5.92 Å². The summed E-state index contributed by atoms with van der Waals surface area (Å²) in [7, 11) is 0. The van der Waals surface area contributed by atoms with Crippen LogP contribution in [0, 0.1) is 25.7 Å². The highest BCUT2D eigenvalue weighted by Gasteiger charge is 2.34. The molecule has 1 aliphatic carbocycles. The van der Waals surface area contributed by atoms with Crippen molar-refractivity contribution in [1.29, 1.82) is 0 Å². The summed E-state index contributed by atoms with van der Waals surface area (Å²) in [6, 6.07) is 10.3. The molecule has 1 aromatic rings. The molecule has 0 amide bonds. The summed E-state index contributed by atoms with van der Waals surface area (Å²) >= 11 is 0. The van der Waals surface area contributed by atoms with Crippen molar-refractivity contribution in [3.8, 4) is 12.8 Å². The number of carbonyl (C=O) groups excluding carboxylic acids is 2. The molecule has 0 N–H and O–H groups in total. The summed E-state index contributed by atoms with van der Waals surface area (Å²) < 4.78 is 30.1. The van der Waals surface area contributed by atoms with E-state index in [-0.39, 0.29) is 30.5 Å². The molecular formula is C26H40F2O3. The predicted octanol–water partition coefficient (Wildman–Crippen LogP) is 7.17. The lowest BCUT2D eigenvalue weighted by atomic mass is 9.84. The molecule has 0 radical (unpaired) electrons. The van der Waals surface area contributed by atoms with Crippen LogP contribution >= 0.6 is 0 Å². The average molecular weight is 439 g/mol. The minimum absolute atomic E-state index is 0.0368. The van der Waals surface area contributed by atoms with Gasteiger partial charge in [0, 0.05) is 25.7 Å². The van der Waals surface area contributed by atoms with Gasteiger partial charge in [-0.05, 0) is 45.4 Å². The highest BCUT2D eigenvalue weighted by Crippen LogP contribution is 2.37. The Morgan fingerprint density at radius 3 is 2.00 bits per heavy atom. The molecule has 1 aromatic carbocycles. The quantitative estimate of drug-likeness (QED) is 0.335. The molecule has 5 heteroatoms. The third kappa shape index (κ3) is 20.8. The number of Topliss-reactive ketones (excluding diaryl/α,β-unsaturated/α-hetero) is 1. The van der Waals surface area contributed by atoms with Crippen molar-refractivity contribution in [3.05, 3.63) is 35.9 Å². The summed E-state index contributed by atoms with van der Waals surface area (Å²) in [5, 5.41) is 0. The number of halogens is 2. The van der Waals surface area contributed by atoms with E-state index in [0.29, 0.717) is 32.3 Å². The highest BCUT2D eigenvalue weighted by molar-refractivity contribution is 5.75. The molecule has 0 heterocycles. The lowest BCUT2D eigenvalue weighted by molar-refractivity contribution is -0.143. The molecule has 1 aliphatic rings. The second-order valence-electron chi connectivity index (χ2n) is 7.68. The number of rotatable bonds is 7. The monoisotopic (exact) mass is 438 g/mol. The van der Waals surface area contributed by atoms with Gasteiger partial charge in [-0.1, -0.05) is 56.2 Å². The fourth-order valence-electron chi connectivity index (χ4n) is 2.85. The zero-order valence-corrected chi connectivity index (χ0v) is 19.7. The van der Waals surface area contributed by atoms with Crippen molar-refractivity contribution in [1.82, 2.24) is 0 Å². The van der Waals surface area contributed by atoms with Crippen molar-refractivity contribution in [2.24, 2.45) is 5.92 Å². The number of benzene rings is 1. The Morgan fingerprint density at radius 2 is 1.61 bits per heavy atom. The SMILES string of the molecule is C#C.CC(=O)CC1CCC(F)(F)CC1.CCCCC(=O)OCCC.Cc1ccccc1. The van der Waals surface area contributed by atoms with E-state index >= 15 is 0 Å². The maximum absolute atomic E-state index is 12.6. The zero-order chi connectivity index (χ0) is 24.1. The van der Waals surface area contributed by atoms with Gasteiger partial charge in [-0.3, -0.25) is 4.79 Å². The van der Waals surface area contributed by atoms with Gasteiger partial charge in [-0.15, -0.1) is 12.8 Å². The normalized spacial score (nSPS) is 14.3. The summed E-state index contributed by atoms with van der Waals surface area (Å²) in [6.45, 7) is 8.23. The van der Waals surface area contributed by atoms with E-state index in [4.69, 9.17) is 4.74 Å². The van der Waals surface area contributed by atoms with Crippen LogP contribution in [-0.4, -0.2) is 24.3 Å². The Balaban J connectivity index is 0.